The topological polar surface area (TPSA) is 62.7 Å². The molecule has 16 heavy (non-hydrogen) atoms. The van der Waals surface area contributed by atoms with E-state index in [4.69, 9.17) is 4.74 Å². The molecule has 1 fully saturated rings. The number of carbonyl (C=O) groups excluding carboxylic acids is 1. The number of carbonyl (C=O) groups is 1. The molecule has 0 radical (unpaired) electrons. The molecule has 1 aromatic rings. The Morgan fingerprint density at radius 3 is 3.25 bits per heavy atom. The van der Waals surface area contributed by atoms with Crippen molar-refractivity contribution in [2.24, 2.45) is 0 Å². The van der Waals surface area contributed by atoms with Crippen molar-refractivity contribution in [1.82, 2.24) is 9.88 Å². The van der Waals surface area contributed by atoms with Gasteiger partial charge in [-0.3, -0.25) is 4.79 Å². The van der Waals surface area contributed by atoms with Crippen molar-refractivity contribution >= 4 is 17.2 Å². The van der Waals surface area contributed by atoms with Crippen molar-refractivity contribution in [2.75, 3.05) is 26.4 Å². The molecule has 6 heteroatoms. The van der Waals surface area contributed by atoms with E-state index in [1.807, 2.05) is 6.92 Å². The number of rotatable bonds is 2. The van der Waals surface area contributed by atoms with Gasteiger partial charge in [-0.2, -0.15) is 0 Å². The van der Waals surface area contributed by atoms with E-state index in [0.29, 0.717) is 24.6 Å². The van der Waals surface area contributed by atoms with E-state index in [-0.39, 0.29) is 18.6 Å². The summed E-state index contributed by atoms with van der Waals surface area (Å²) in [6.45, 7) is 3.21. The number of hydrogen-bond donors (Lipinski definition) is 1. The van der Waals surface area contributed by atoms with Gasteiger partial charge in [0.05, 0.1) is 37.1 Å². The molecule has 0 aromatic carbocycles. The molecule has 0 saturated carbocycles. The zero-order valence-electron chi connectivity index (χ0n) is 9.05. The van der Waals surface area contributed by atoms with E-state index < -0.39 is 0 Å². The number of morpholine rings is 1. The number of hydrogen-bond acceptors (Lipinski definition) is 5. The third-order valence-electron chi connectivity index (χ3n) is 2.64. The molecule has 1 unspecified atom stereocenters. The van der Waals surface area contributed by atoms with Crippen LogP contribution < -0.4 is 0 Å². The first-order valence-corrected chi connectivity index (χ1v) is 6.01. The number of amides is 1. The number of aliphatic hydroxyl groups is 1. The Bertz CT molecular complexity index is 380. The normalized spacial score (nSPS) is 21.1. The summed E-state index contributed by atoms with van der Waals surface area (Å²) in [6.07, 6.45) is 0. The smallest absolute Gasteiger partial charge is 0.266 e. The van der Waals surface area contributed by atoms with Crippen LogP contribution in [0.1, 0.15) is 15.4 Å². The van der Waals surface area contributed by atoms with E-state index in [1.165, 1.54) is 11.3 Å². The summed E-state index contributed by atoms with van der Waals surface area (Å²) in [4.78, 5) is 18.6. The fourth-order valence-electron chi connectivity index (χ4n) is 1.71. The van der Waals surface area contributed by atoms with Crippen molar-refractivity contribution in [3.05, 3.63) is 16.1 Å². The SMILES string of the molecule is Cc1ncsc1C(=O)N1CCOCC1CO. The van der Waals surface area contributed by atoms with Crippen LogP contribution in [0.4, 0.5) is 0 Å². The maximum absolute atomic E-state index is 12.2. The van der Waals surface area contributed by atoms with Crippen molar-refractivity contribution in [3.8, 4) is 0 Å². The summed E-state index contributed by atoms with van der Waals surface area (Å²) in [5.74, 6) is -0.0534. The van der Waals surface area contributed by atoms with Crippen LogP contribution in [-0.2, 0) is 4.74 Å². The molecule has 1 N–H and O–H groups in total. The van der Waals surface area contributed by atoms with Gasteiger partial charge in [0.15, 0.2) is 0 Å². The summed E-state index contributed by atoms with van der Waals surface area (Å²) in [5.41, 5.74) is 2.41. The quantitative estimate of drug-likeness (QED) is 0.809. The highest BCUT2D eigenvalue weighted by Crippen LogP contribution is 2.18. The van der Waals surface area contributed by atoms with Crippen LogP contribution in [0.15, 0.2) is 5.51 Å². The van der Waals surface area contributed by atoms with Gasteiger partial charge in [0.2, 0.25) is 0 Å². The molecule has 0 bridgehead atoms. The first-order valence-electron chi connectivity index (χ1n) is 5.13. The highest BCUT2D eigenvalue weighted by molar-refractivity contribution is 7.11. The summed E-state index contributed by atoms with van der Waals surface area (Å²) in [5, 5.41) is 9.19. The molecule has 0 spiro atoms. The molecule has 1 atom stereocenters. The van der Waals surface area contributed by atoms with Crippen LogP contribution in [-0.4, -0.2) is 53.3 Å². The van der Waals surface area contributed by atoms with E-state index in [9.17, 15) is 9.90 Å². The minimum atomic E-state index is -0.234. The van der Waals surface area contributed by atoms with Gasteiger partial charge in [-0.1, -0.05) is 0 Å². The minimum Gasteiger partial charge on any atom is -0.394 e. The average Bonchev–Trinajstić information content (AvgIpc) is 2.74. The van der Waals surface area contributed by atoms with E-state index in [0.717, 1.165) is 5.69 Å². The average molecular weight is 242 g/mol. The lowest BCUT2D eigenvalue weighted by atomic mass is 10.2. The maximum atomic E-state index is 12.2. The van der Waals surface area contributed by atoms with E-state index in [2.05, 4.69) is 4.98 Å². The van der Waals surface area contributed by atoms with Crippen LogP contribution in [0.5, 0.6) is 0 Å². The van der Waals surface area contributed by atoms with Crippen LogP contribution in [0.25, 0.3) is 0 Å². The lowest BCUT2D eigenvalue weighted by molar-refractivity contribution is -0.0182. The number of nitrogens with zero attached hydrogens (tertiary/aromatic N) is 2. The zero-order valence-corrected chi connectivity index (χ0v) is 9.87. The molecule has 88 valence electrons. The number of thiazole rings is 1. The summed E-state index contributed by atoms with van der Waals surface area (Å²) in [6, 6.07) is -0.234. The number of ether oxygens (including phenoxy) is 1. The van der Waals surface area contributed by atoms with Crippen molar-refractivity contribution < 1.29 is 14.6 Å². The van der Waals surface area contributed by atoms with Gasteiger partial charge >= 0.3 is 0 Å². The first kappa shape index (κ1) is 11.5. The molecule has 1 aromatic heterocycles. The molecule has 2 heterocycles. The Labute approximate surface area is 97.7 Å². The maximum Gasteiger partial charge on any atom is 0.266 e. The van der Waals surface area contributed by atoms with Crippen molar-refractivity contribution in [3.63, 3.8) is 0 Å². The third kappa shape index (κ3) is 2.09. The fourth-order valence-corrected chi connectivity index (χ4v) is 2.47. The minimum absolute atomic E-state index is 0.0534. The van der Waals surface area contributed by atoms with Crippen LogP contribution >= 0.6 is 11.3 Å². The molecule has 5 nitrogen and oxygen atoms in total. The predicted octanol–water partition coefficient (Wildman–Crippen LogP) is 0.285. The predicted molar refractivity (Wildman–Crippen MR) is 59.6 cm³/mol. The van der Waals surface area contributed by atoms with E-state index >= 15 is 0 Å². The second-order valence-electron chi connectivity index (χ2n) is 3.68. The summed E-state index contributed by atoms with van der Waals surface area (Å²) in [7, 11) is 0. The Morgan fingerprint density at radius 2 is 2.62 bits per heavy atom. The van der Waals surface area contributed by atoms with Crippen molar-refractivity contribution in [2.45, 2.75) is 13.0 Å². The Balaban J connectivity index is 2.17. The molecular formula is C10H14N2O3S. The molecule has 0 aliphatic carbocycles. The molecule has 2 rings (SSSR count). The molecule has 1 amide bonds. The molecular weight excluding hydrogens is 228 g/mol. The van der Waals surface area contributed by atoms with Crippen LogP contribution in [0.2, 0.25) is 0 Å². The van der Waals surface area contributed by atoms with Crippen LogP contribution in [0, 0.1) is 6.92 Å². The fraction of sp³-hybridized carbons (Fsp3) is 0.600. The number of aliphatic hydroxyl groups excluding tert-OH is 1. The highest BCUT2D eigenvalue weighted by Gasteiger charge is 2.29. The van der Waals surface area contributed by atoms with Gasteiger partial charge in [0.1, 0.15) is 4.88 Å². The lowest BCUT2D eigenvalue weighted by Crippen LogP contribution is -2.50. The molecule has 1 aliphatic heterocycles. The third-order valence-corrected chi connectivity index (χ3v) is 3.56. The Morgan fingerprint density at radius 1 is 1.81 bits per heavy atom. The number of aryl methyl sites for hydroxylation is 1. The van der Waals surface area contributed by atoms with Gasteiger partial charge in [-0.15, -0.1) is 11.3 Å². The van der Waals surface area contributed by atoms with E-state index in [1.54, 1.807) is 10.4 Å². The molecule has 1 saturated heterocycles. The zero-order chi connectivity index (χ0) is 11.5. The van der Waals surface area contributed by atoms with Gasteiger partial charge in [-0.05, 0) is 6.92 Å². The Hall–Kier alpha value is -0.980. The summed E-state index contributed by atoms with van der Waals surface area (Å²) < 4.78 is 5.23. The first-order chi connectivity index (χ1) is 7.74. The van der Waals surface area contributed by atoms with Crippen LogP contribution in [0.3, 0.4) is 0 Å². The van der Waals surface area contributed by atoms with Gasteiger partial charge < -0.3 is 14.7 Å². The Kier molecular flexibility index (Phi) is 3.52. The second-order valence-corrected chi connectivity index (χ2v) is 4.53. The highest BCUT2D eigenvalue weighted by atomic mass is 32.1. The van der Waals surface area contributed by atoms with Gasteiger partial charge in [-0.25, -0.2) is 4.98 Å². The largest absolute Gasteiger partial charge is 0.394 e. The second kappa shape index (κ2) is 4.90. The van der Waals surface area contributed by atoms with Gasteiger partial charge in [0, 0.05) is 6.54 Å². The van der Waals surface area contributed by atoms with Crippen molar-refractivity contribution in [1.29, 1.82) is 0 Å². The lowest BCUT2D eigenvalue weighted by Gasteiger charge is -2.34. The standard InChI is InChI=1S/C10H14N2O3S/c1-7-9(16-6-11-7)10(14)12-2-3-15-5-8(12)4-13/h6,8,13H,2-5H2,1H3. The monoisotopic (exact) mass is 242 g/mol. The number of aromatic nitrogens is 1. The molecule has 1 aliphatic rings. The summed E-state index contributed by atoms with van der Waals surface area (Å²) >= 11 is 1.34. The van der Waals surface area contributed by atoms with Gasteiger partial charge in [0.25, 0.3) is 5.91 Å².